The zero-order valence-corrected chi connectivity index (χ0v) is 21.1. The molecule has 35 heavy (non-hydrogen) atoms. The van der Waals surface area contributed by atoms with Gasteiger partial charge in [-0.05, 0) is 76.0 Å². The molecule has 2 atom stereocenters. The molecular formula is C26H29Cl2FN4O2. The van der Waals surface area contributed by atoms with Crippen molar-refractivity contribution < 1.29 is 13.9 Å². The van der Waals surface area contributed by atoms with Crippen LogP contribution < -0.4 is 16.2 Å². The number of nitrogens with two attached hydrogens (primary N) is 2. The van der Waals surface area contributed by atoms with E-state index in [9.17, 15) is 9.18 Å². The molecule has 0 saturated carbocycles. The maximum Gasteiger partial charge on any atom is 0.244 e. The Labute approximate surface area is 214 Å². The average Bonchev–Trinajstić information content (AvgIpc) is 3.36. The van der Waals surface area contributed by atoms with Crippen LogP contribution >= 0.6 is 23.2 Å². The van der Waals surface area contributed by atoms with Gasteiger partial charge in [0.05, 0.1) is 5.02 Å². The van der Waals surface area contributed by atoms with Gasteiger partial charge in [0.25, 0.3) is 0 Å². The van der Waals surface area contributed by atoms with Crippen molar-refractivity contribution in [3.63, 3.8) is 0 Å². The molecule has 4 rings (SSSR count). The average molecular weight is 519 g/mol. The number of aromatic nitrogens is 1. The first kappa shape index (κ1) is 25.5. The highest BCUT2D eigenvalue weighted by molar-refractivity contribution is 6.36. The van der Waals surface area contributed by atoms with Gasteiger partial charge in [-0.1, -0.05) is 41.4 Å². The van der Waals surface area contributed by atoms with Crippen LogP contribution in [0.1, 0.15) is 49.8 Å². The van der Waals surface area contributed by atoms with E-state index in [4.69, 9.17) is 39.4 Å². The van der Waals surface area contributed by atoms with Gasteiger partial charge in [0.2, 0.25) is 5.91 Å². The third kappa shape index (κ3) is 5.47. The number of nitrogen functional groups attached to an aromatic ring is 1. The number of ether oxygens (including phenoxy) is 1. The van der Waals surface area contributed by atoms with E-state index in [2.05, 4.69) is 16.0 Å². The van der Waals surface area contributed by atoms with E-state index in [1.165, 1.54) is 25.0 Å². The molecule has 6 nitrogen and oxygen atoms in total. The molecule has 1 aliphatic carbocycles. The molecule has 1 amide bonds. The van der Waals surface area contributed by atoms with Crippen molar-refractivity contribution >= 4 is 34.9 Å². The van der Waals surface area contributed by atoms with E-state index >= 15 is 0 Å². The van der Waals surface area contributed by atoms with E-state index < -0.39 is 23.2 Å². The van der Waals surface area contributed by atoms with Crippen molar-refractivity contribution in [1.29, 1.82) is 0 Å². The summed E-state index contributed by atoms with van der Waals surface area (Å²) in [5.74, 6) is -0.510. The van der Waals surface area contributed by atoms with Gasteiger partial charge in [-0.25, -0.2) is 9.37 Å². The smallest absolute Gasteiger partial charge is 0.244 e. The Hall–Kier alpha value is -2.61. The number of nitrogens with zero attached hydrogens (tertiary/aromatic N) is 2. The van der Waals surface area contributed by atoms with Crippen LogP contribution in [-0.4, -0.2) is 35.4 Å². The van der Waals surface area contributed by atoms with Crippen molar-refractivity contribution in [1.82, 2.24) is 9.88 Å². The highest BCUT2D eigenvalue weighted by atomic mass is 35.5. The number of halogens is 3. The molecular weight excluding hydrogens is 490 g/mol. The number of pyridine rings is 1. The second-order valence-corrected chi connectivity index (χ2v) is 9.96. The zero-order valence-electron chi connectivity index (χ0n) is 19.6. The number of amides is 1. The Morgan fingerprint density at radius 2 is 2.06 bits per heavy atom. The van der Waals surface area contributed by atoms with Gasteiger partial charge < -0.3 is 21.1 Å². The molecule has 2 aromatic rings. The standard InChI is InChI=1S/C26H29Cl2FN4O2/c1-16(22-19(27)6-7-20(29)23(22)28)35-21-13-18(15-32-24(21)30)26(9-12-33-10-2-3-11-33)8-4-5-17(14-26)25(31)34/h4-8,13,15-16H,2-3,9-12,14H2,1H3,(H2,30,32)(H2,31,34). The van der Waals surface area contributed by atoms with Crippen LogP contribution in [-0.2, 0) is 10.2 Å². The number of carbonyl (C=O) groups is 1. The first-order valence-corrected chi connectivity index (χ1v) is 12.4. The predicted molar refractivity (Wildman–Crippen MR) is 137 cm³/mol. The summed E-state index contributed by atoms with van der Waals surface area (Å²) in [7, 11) is 0. The minimum Gasteiger partial charge on any atom is -0.482 e. The quantitative estimate of drug-likeness (QED) is 0.459. The fourth-order valence-electron chi connectivity index (χ4n) is 4.84. The maximum absolute atomic E-state index is 14.1. The Morgan fingerprint density at radius 3 is 2.77 bits per heavy atom. The summed E-state index contributed by atoms with van der Waals surface area (Å²) in [5.41, 5.74) is 13.0. The molecule has 186 valence electrons. The first-order chi connectivity index (χ1) is 16.7. The highest BCUT2D eigenvalue weighted by Gasteiger charge is 2.35. The lowest BCUT2D eigenvalue weighted by Gasteiger charge is -2.35. The molecule has 1 aromatic carbocycles. The Morgan fingerprint density at radius 1 is 1.31 bits per heavy atom. The molecule has 9 heteroatoms. The number of primary amides is 1. The van der Waals surface area contributed by atoms with Gasteiger partial charge in [-0.3, -0.25) is 4.79 Å². The highest BCUT2D eigenvalue weighted by Crippen LogP contribution is 2.42. The summed E-state index contributed by atoms with van der Waals surface area (Å²) >= 11 is 12.5. The van der Waals surface area contributed by atoms with Crippen LogP contribution in [0.15, 0.2) is 48.2 Å². The molecule has 1 aromatic heterocycles. The Kier molecular flexibility index (Phi) is 7.69. The number of allylic oxidation sites excluding steroid dienone is 3. The summed E-state index contributed by atoms with van der Waals surface area (Å²) in [6, 6.07) is 4.48. The van der Waals surface area contributed by atoms with Crippen LogP contribution in [0.4, 0.5) is 10.2 Å². The monoisotopic (exact) mass is 518 g/mol. The largest absolute Gasteiger partial charge is 0.482 e. The van der Waals surface area contributed by atoms with Crippen LogP contribution in [0.3, 0.4) is 0 Å². The summed E-state index contributed by atoms with van der Waals surface area (Å²) < 4.78 is 20.2. The lowest BCUT2D eigenvalue weighted by molar-refractivity contribution is -0.114. The van der Waals surface area contributed by atoms with Crippen LogP contribution in [0.25, 0.3) is 0 Å². The fraction of sp³-hybridized carbons (Fsp3) is 0.385. The normalized spacial score (nSPS) is 21.1. The summed E-state index contributed by atoms with van der Waals surface area (Å²) in [5, 5.41) is 0.196. The maximum atomic E-state index is 14.1. The fourth-order valence-corrected chi connectivity index (χ4v) is 5.52. The van der Waals surface area contributed by atoms with Gasteiger partial charge >= 0.3 is 0 Å². The number of carbonyl (C=O) groups excluding carboxylic acids is 1. The molecule has 2 unspecified atom stereocenters. The van der Waals surface area contributed by atoms with Crippen molar-refractivity contribution in [3.8, 4) is 5.75 Å². The van der Waals surface area contributed by atoms with E-state index in [0.717, 1.165) is 31.6 Å². The number of hydrogen-bond donors (Lipinski definition) is 2. The Bertz CT molecular complexity index is 1180. The third-order valence-electron chi connectivity index (χ3n) is 6.85. The molecule has 0 radical (unpaired) electrons. The number of anilines is 1. The number of rotatable bonds is 8. The van der Waals surface area contributed by atoms with Gasteiger partial charge in [0, 0.05) is 27.8 Å². The number of likely N-dealkylation sites (tertiary alicyclic amines) is 1. The molecule has 1 fully saturated rings. The van der Waals surface area contributed by atoms with Crippen molar-refractivity contribution in [2.45, 2.75) is 44.1 Å². The van der Waals surface area contributed by atoms with Crippen LogP contribution in [0, 0.1) is 5.82 Å². The van der Waals surface area contributed by atoms with Gasteiger partial charge in [-0.15, -0.1) is 0 Å². The van der Waals surface area contributed by atoms with E-state index in [0.29, 0.717) is 28.3 Å². The van der Waals surface area contributed by atoms with Crippen LogP contribution in [0.5, 0.6) is 5.75 Å². The second kappa shape index (κ2) is 10.6. The zero-order chi connectivity index (χ0) is 25.2. The molecule has 1 aliphatic heterocycles. The molecule has 2 aliphatic rings. The molecule has 0 bridgehead atoms. The van der Waals surface area contributed by atoms with Crippen LogP contribution in [0.2, 0.25) is 10.0 Å². The van der Waals surface area contributed by atoms with E-state index in [1.807, 2.05) is 12.1 Å². The third-order valence-corrected chi connectivity index (χ3v) is 7.57. The summed E-state index contributed by atoms with van der Waals surface area (Å²) in [6.45, 7) is 4.73. The van der Waals surface area contributed by atoms with Crippen molar-refractivity contribution in [3.05, 3.63) is 75.2 Å². The number of hydrogen-bond acceptors (Lipinski definition) is 5. The lowest BCUT2D eigenvalue weighted by Crippen LogP contribution is -2.34. The molecule has 1 saturated heterocycles. The summed E-state index contributed by atoms with van der Waals surface area (Å²) in [4.78, 5) is 18.9. The van der Waals surface area contributed by atoms with Crippen molar-refractivity contribution in [2.75, 3.05) is 25.4 Å². The van der Waals surface area contributed by atoms with Gasteiger partial charge in [0.15, 0.2) is 11.6 Å². The van der Waals surface area contributed by atoms with Crippen molar-refractivity contribution in [2.24, 2.45) is 5.73 Å². The lowest BCUT2D eigenvalue weighted by atomic mass is 9.71. The molecule has 4 N–H and O–H groups in total. The SMILES string of the molecule is CC(Oc1cc(C2(CCN3CCCC3)C=CC=C(C(N)=O)C2)cnc1N)c1c(Cl)ccc(F)c1Cl. The first-order valence-electron chi connectivity index (χ1n) is 11.7. The minimum atomic E-state index is -0.687. The predicted octanol–water partition coefficient (Wildman–Crippen LogP) is 5.35. The number of benzene rings is 1. The Balaban J connectivity index is 1.66. The van der Waals surface area contributed by atoms with E-state index in [-0.39, 0.29) is 10.8 Å². The molecule has 2 heterocycles. The van der Waals surface area contributed by atoms with Gasteiger partial charge in [-0.2, -0.15) is 0 Å². The summed E-state index contributed by atoms with van der Waals surface area (Å²) in [6.07, 6.45) is 10.4. The molecule has 0 spiro atoms. The van der Waals surface area contributed by atoms with Gasteiger partial charge in [0.1, 0.15) is 11.9 Å². The topological polar surface area (TPSA) is 94.5 Å². The minimum absolute atomic E-state index is 0.0961. The second-order valence-electron chi connectivity index (χ2n) is 9.17. The van der Waals surface area contributed by atoms with E-state index in [1.54, 1.807) is 19.2 Å².